The summed E-state index contributed by atoms with van der Waals surface area (Å²) in [5.74, 6) is 0.815. The second kappa shape index (κ2) is 6.17. The van der Waals surface area contributed by atoms with Crippen LogP contribution in [0, 0.1) is 5.92 Å². The van der Waals surface area contributed by atoms with Crippen molar-refractivity contribution in [2.45, 2.75) is 57.2 Å². The second-order valence-electron chi connectivity index (χ2n) is 5.80. The molecule has 100 valence electrons. The first-order valence-electron chi connectivity index (χ1n) is 7.20. The number of rotatable bonds is 6. The molecule has 3 unspecified atom stereocenters. The van der Waals surface area contributed by atoms with Crippen molar-refractivity contribution < 1.29 is 4.74 Å². The fourth-order valence-corrected chi connectivity index (χ4v) is 3.65. The average Bonchev–Trinajstić information content (AvgIpc) is 2.56. The van der Waals surface area contributed by atoms with Crippen LogP contribution in [0.25, 0.3) is 0 Å². The van der Waals surface area contributed by atoms with E-state index >= 15 is 0 Å². The van der Waals surface area contributed by atoms with Crippen LogP contribution < -0.4 is 5.32 Å². The summed E-state index contributed by atoms with van der Waals surface area (Å²) >= 11 is 0. The number of hydrogen-bond donors (Lipinski definition) is 1. The van der Waals surface area contributed by atoms with Gasteiger partial charge in [0.1, 0.15) is 0 Å². The van der Waals surface area contributed by atoms with Gasteiger partial charge in [0, 0.05) is 25.2 Å². The van der Waals surface area contributed by atoms with Crippen LogP contribution >= 0.6 is 0 Å². The van der Waals surface area contributed by atoms with Gasteiger partial charge in [-0.2, -0.15) is 0 Å². The normalized spacial score (nSPS) is 35.1. The smallest absolute Gasteiger partial charge is 0.0618 e. The second-order valence-corrected chi connectivity index (χ2v) is 5.80. The maximum Gasteiger partial charge on any atom is 0.0618 e. The van der Waals surface area contributed by atoms with Crippen molar-refractivity contribution >= 4 is 0 Å². The molecule has 0 amide bonds. The van der Waals surface area contributed by atoms with Crippen LogP contribution in [0.2, 0.25) is 0 Å². The zero-order valence-corrected chi connectivity index (χ0v) is 11.6. The third-order valence-electron chi connectivity index (χ3n) is 4.71. The van der Waals surface area contributed by atoms with Gasteiger partial charge in [-0.15, -0.1) is 0 Å². The molecule has 17 heavy (non-hydrogen) atoms. The first-order valence-corrected chi connectivity index (χ1v) is 7.20. The summed E-state index contributed by atoms with van der Waals surface area (Å²) in [7, 11) is 4.13. The Morgan fingerprint density at radius 2 is 1.94 bits per heavy atom. The Labute approximate surface area is 106 Å². The number of piperidine rings is 1. The highest BCUT2D eigenvalue weighted by atomic mass is 16.5. The largest absolute Gasteiger partial charge is 0.383 e. The third-order valence-corrected chi connectivity index (χ3v) is 4.71. The molecule has 0 aromatic heterocycles. The lowest BCUT2D eigenvalue weighted by atomic mass is 9.85. The number of nitrogens with zero attached hydrogens (tertiary/aromatic N) is 1. The summed E-state index contributed by atoms with van der Waals surface area (Å²) in [5, 5.41) is 3.68. The van der Waals surface area contributed by atoms with E-state index < -0.39 is 0 Å². The van der Waals surface area contributed by atoms with E-state index in [1.165, 1.54) is 32.1 Å². The molecule has 3 nitrogen and oxygen atoms in total. The van der Waals surface area contributed by atoms with E-state index in [4.69, 9.17) is 4.74 Å². The van der Waals surface area contributed by atoms with Gasteiger partial charge in [0.05, 0.1) is 6.61 Å². The van der Waals surface area contributed by atoms with Gasteiger partial charge in [0.2, 0.25) is 0 Å². The lowest BCUT2D eigenvalue weighted by Crippen LogP contribution is -2.48. The van der Waals surface area contributed by atoms with E-state index in [0.717, 1.165) is 31.2 Å². The molecule has 2 fully saturated rings. The molecule has 2 rings (SSSR count). The molecule has 0 saturated carbocycles. The quantitative estimate of drug-likeness (QED) is 0.767. The predicted molar refractivity (Wildman–Crippen MR) is 71.3 cm³/mol. The molecule has 2 aliphatic rings. The molecule has 2 bridgehead atoms. The first-order chi connectivity index (χ1) is 8.26. The van der Waals surface area contributed by atoms with E-state index in [0.29, 0.717) is 6.04 Å². The Bertz CT molecular complexity index is 220. The molecular formula is C14H28N2O. The Kier molecular flexibility index (Phi) is 4.83. The van der Waals surface area contributed by atoms with Crippen molar-refractivity contribution in [2.24, 2.45) is 5.92 Å². The fourth-order valence-electron chi connectivity index (χ4n) is 3.65. The van der Waals surface area contributed by atoms with Crippen molar-refractivity contribution in [2.75, 3.05) is 27.3 Å². The van der Waals surface area contributed by atoms with Gasteiger partial charge in [-0.1, -0.05) is 6.92 Å². The van der Waals surface area contributed by atoms with Gasteiger partial charge in [0.25, 0.3) is 0 Å². The SMILES string of the molecule is CCCNC(COC)C1CC2CCC(C1)N2C. The van der Waals surface area contributed by atoms with Crippen LogP contribution in [0.4, 0.5) is 0 Å². The molecule has 0 radical (unpaired) electrons. The van der Waals surface area contributed by atoms with Gasteiger partial charge >= 0.3 is 0 Å². The van der Waals surface area contributed by atoms with Crippen LogP contribution in [0.3, 0.4) is 0 Å². The monoisotopic (exact) mass is 240 g/mol. The first kappa shape index (κ1) is 13.3. The number of fused-ring (bicyclic) bond motifs is 2. The Balaban J connectivity index is 1.91. The molecular weight excluding hydrogens is 212 g/mol. The Hall–Kier alpha value is -0.120. The molecule has 2 saturated heterocycles. The number of nitrogens with one attached hydrogen (secondary N) is 1. The topological polar surface area (TPSA) is 24.5 Å². The molecule has 2 aliphatic heterocycles. The van der Waals surface area contributed by atoms with Crippen molar-refractivity contribution in [3.63, 3.8) is 0 Å². The maximum absolute atomic E-state index is 5.40. The predicted octanol–water partition coefficient (Wildman–Crippen LogP) is 1.87. The number of hydrogen-bond acceptors (Lipinski definition) is 3. The summed E-state index contributed by atoms with van der Waals surface area (Å²) in [6, 6.07) is 2.24. The minimum atomic E-state index is 0.566. The fraction of sp³-hybridized carbons (Fsp3) is 1.00. The third kappa shape index (κ3) is 3.01. The Morgan fingerprint density at radius 1 is 1.29 bits per heavy atom. The summed E-state index contributed by atoms with van der Waals surface area (Å²) in [6.45, 7) is 4.22. The van der Waals surface area contributed by atoms with E-state index in [1.807, 2.05) is 7.11 Å². The number of methoxy groups -OCH3 is 1. The zero-order valence-electron chi connectivity index (χ0n) is 11.6. The number of ether oxygens (including phenoxy) is 1. The molecule has 0 spiro atoms. The van der Waals surface area contributed by atoms with Crippen molar-refractivity contribution in [3.05, 3.63) is 0 Å². The van der Waals surface area contributed by atoms with Crippen molar-refractivity contribution in [3.8, 4) is 0 Å². The van der Waals surface area contributed by atoms with E-state index in [9.17, 15) is 0 Å². The molecule has 2 heterocycles. The van der Waals surface area contributed by atoms with Gasteiger partial charge in [-0.3, -0.25) is 0 Å². The highest BCUT2D eigenvalue weighted by Gasteiger charge is 2.40. The van der Waals surface area contributed by atoms with Gasteiger partial charge in [0.15, 0.2) is 0 Å². The summed E-state index contributed by atoms with van der Waals surface area (Å²) in [6.07, 6.45) is 6.74. The molecule has 1 N–H and O–H groups in total. The van der Waals surface area contributed by atoms with Crippen LogP contribution in [-0.2, 0) is 4.74 Å². The van der Waals surface area contributed by atoms with Crippen LogP contribution in [-0.4, -0.2) is 50.3 Å². The summed E-state index contributed by atoms with van der Waals surface area (Å²) in [4.78, 5) is 2.61. The minimum Gasteiger partial charge on any atom is -0.383 e. The van der Waals surface area contributed by atoms with Crippen LogP contribution in [0.5, 0.6) is 0 Å². The van der Waals surface area contributed by atoms with E-state index in [1.54, 1.807) is 0 Å². The zero-order chi connectivity index (χ0) is 12.3. The Morgan fingerprint density at radius 3 is 2.47 bits per heavy atom. The minimum absolute atomic E-state index is 0.566. The molecule has 3 atom stereocenters. The molecule has 0 aromatic rings. The maximum atomic E-state index is 5.40. The lowest BCUT2D eigenvalue weighted by molar-refractivity contribution is 0.0761. The van der Waals surface area contributed by atoms with Crippen molar-refractivity contribution in [1.82, 2.24) is 10.2 Å². The van der Waals surface area contributed by atoms with Gasteiger partial charge < -0.3 is 15.0 Å². The molecule has 0 aliphatic carbocycles. The summed E-state index contributed by atoms with van der Waals surface area (Å²) < 4.78 is 5.40. The van der Waals surface area contributed by atoms with Crippen molar-refractivity contribution in [1.29, 1.82) is 0 Å². The van der Waals surface area contributed by atoms with E-state index in [2.05, 4.69) is 24.2 Å². The van der Waals surface area contributed by atoms with Crippen LogP contribution in [0.15, 0.2) is 0 Å². The van der Waals surface area contributed by atoms with E-state index in [-0.39, 0.29) is 0 Å². The van der Waals surface area contributed by atoms with Gasteiger partial charge in [-0.05, 0) is 51.6 Å². The summed E-state index contributed by atoms with van der Waals surface area (Å²) in [5.41, 5.74) is 0. The average molecular weight is 240 g/mol. The lowest BCUT2D eigenvalue weighted by Gasteiger charge is -2.40. The highest BCUT2D eigenvalue weighted by Crippen LogP contribution is 2.38. The standard InChI is InChI=1S/C14H28N2O/c1-4-7-15-14(10-17-3)11-8-12-5-6-13(9-11)16(12)2/h11-15H,4-10H2,1-3H3. The molecule has 0 aromatic carbocycles. The van der Waals surface area contributed by atoms with Crippen LogP contribution in [0.1, 0.15) is 39.0 Å². The highest BCUT2D eigenvalue weighted by molar-refractivity contribution is 4.96. The molecule has 3 heteroatoms. The van der Waals surface area contributed by atoms with Gasteiger partial charge in [-0.25, -0.2) is 0 Å².